The molecule has 0 atom stereocenters. The second kappa shape index (κ2) is 4.98. The molecule has 0 saturated heterocycles. The molecule has 0 fully saturated rings. The molecule has 0 aliphatic heterocycles. The van der Waals surface area contributed by atoms with Gasteiger partial charge in [0.05, 0.1) is 5.75 Å². The zero-order valence-electron chi connectivity index (χ0n) is 8.51. The number of hydrogen-bond donors (Lipinski definition) is 0. The number of nitrogens with zero attached hydrogens (tertiary/aromatic N) is 2. The summed E-state index contributed by atoms with van der Waals surface area (Å²) >= 11 is 1.78. The largest absolute Gasteiger partial charge is 0.338 e. The van der Waals surface area contributed by atoms with Crippen LogP contribution >= 0.6 is 11.8 Å². The van der Waals surface area contributed by atoms with Crippen molar-refractivity contribution >= 4 is 11.8 Å². The molecule has 3 nitrogen and oxygen atoms in total. The van der Waals surface area contributed by atoms with Crippen molar-refractivity contribution in [1.82, 2.24) is 10.1 Å². The summed E-state index contributed by atoms with van der Waals surface area (Å²) in [6.45, 7) is 1.83. The number of rotatable bonds is 4. The first-order valence-corrected chi connectivity index (χ1v) is 5.91. The van der Waals surface area contributed by atoms with Crippen LogP contribution in [0.15, 0.2) is 34.9 Å². The van der Waals surface area contributed by atoms with Gasteiger partial charge in [0, 0.05) is 5.75 Å². The second-order valence-electron chi connectivity index (χ2n) is 3.21. The van der Waals surface area contributed by atoms with Gasteiger partial charge in [0.15, 0.2) is 5.82 Å². The van der Waals surface area contributed by atoms with Gasteiger partial charge >= 0.3 is 0 Å². The first kappa shape index (κ1) is 10.2. The lowest BCUT2D eigenvalue weighted by molar-refractivity contribution is 0.387. The Labute approximate surface area is 92.9 Å². The maximum Gasteiger partial charge on any atom is 0.236 e. The predicted octanol–water partition coefficient (Wildman–Crippen LogP) is 2.81. The summed E-state index contributed by atoms with van der Waals surface area (Å²) in [5.41, 5.74) is 1.32. The molecule has 0 saturated carbocycles. The van der Waals surface area contributed by atoms with E-state index in [2.05, 4.69) is 22.3 Å². The maximum atomic E-state index is 5.02. The van der Waals surface area contributed by atoms with Crippen LogP contribution in [0.5, 0.6) is 0 Å². The van der Waals surface area contributed by atoms with Crippen LogP contribution in [0.25, 0.3) is 0 Å². The van der Waals surface area contributed by atoms with E-state index in [4.69, 9.17) is 4.52 Å². The molecule has 2 rings (SSSR count). The van der Waals surface area contributed by atoms with E-state index in [9.17, 15) is 0 Å². The van der Waals surface area contributed by atoms with E-state index in [0.29, 0.717) is 11.7 Å². The van der Waals surface area contributed by atoms with Crippen LogP contribution in [-0.2, 0) is 11.5 Å². The van der Waals surface area contributed by atoms with Crippen molar-refractivity contribution in [2.75, 3.05) is 0 Å². The molecule has 0 spiro atoms. The monoisotopic (exact) mass is 220 g/mol. The Balaban J connectivity index is 1.80. The van der Waals surface area contributed by atoms with Crippen molar-refractivity contribution in [2.24, 2.45) is 0 Å². The van der Waals surface area contributed by atoms with Crippen molar-refractivity contribution < 1.29 is 4.52 Å². The highest BCUT2D eigenvalue weighted by molar-refractivity contribution is 7.97. The lowest BCUT2D eigenvalue weighted by atomic mass is 10.2. The Bertz CT molecular complexity index is 414. The first-order valence-electron chi connectivity index (χ1n) is 4.75. The summed E-state index contributed by atoms with van der Waals surface area (Å²) in [7, 11) is 0. The van der Waals surface area contributed by atoms with Gasteiger partial charge in [-0.05, 0) is 12.5 Å². The number of benzene rings is 1. The van der Waals surface area contributed by atoms with E-state index in [-0.39, 0.29) is 0 Å². The van der Waals surface area contributed by atoms with Gasteiger partial charge < -0.3 is 4.52 Å². The van der Waals surface area contributed by atoms with E-state index < -0.39 is 0 Å². The van der Waals surface area contributed by atoms with E-state index in [1.807, 2.05) is 25.1 Å². The van der Waals surface area contributed by atoms with Gasteiger partial charge in [-0.1, -0.05) is 35.5 Å². The maximum absolute atomic E-state index is 5.02. The molecule has 0 aliphatic rings. The Kier molecular flexibility index (Phi) is 3.40. The third-order valence-electron chi connectivity index (χ3n) is 1.91. The zero-order chi connectivity index (χ0) is 10.5. The Morgan fingerprint density at radius 2 is 2.00 bits per heavy atom. The van der Waals surface area contributed by atoms with Gasteiger partial charge in [-0.2, -0.15) is 4.98 Å². The number of thioether (sulfide) groups is 1. The highest BCUT2D eigenvalue weighted by Gasteiger charge is 2.02. The summed E-state index contributed by atoms with van der Waals surface area (Å²) in [5.74, 6) is 3.15. The molecular weight excluding hydrogens is 208 g/mol. The van der Waals surface area contributed by atoms with Crippen LogP contribution in [0.2, 0.25) is 0 Å². The van der Waals surface area contributed by atoms with Crippen LogP contribution in [0.3, 0.4) is 0 Å². The van der Waals surface area contributed by atoms with Gasteiger partial charge in [0.25, 0.3) is 0 Å². The third kappa shape index (κ3) is 3.09. The van der Waals surface area contributed by atoms with E-state index in [0.717, 1.165) is 11.5 Å². The Morgan fingerprint density at radius 1 is 1.20 bits per heavy atom. The lowest BCUT2D eigenvalue weighted by Crippen LogP contribution is -1.83. The number of hydrogen-bond acceptors (Lipinski definition) is 4. The van der Waals surface area contributed by atoms with Gasteiger partial charge in [-0.25, -0.2) is 0 Å². The summed E-state index contributed by atoms with van der Waals surface area (Å²) in [4.78, 5) is 4.14. The van der Waals surface area contributed by atoms with Gasteiger partial charge in [0.1, 0.15) is 0 Å². The molecule has 0 amide bonds. The smallest absolute Gasteiger partial charge is 0.236 e. The van der Waals surface area contributed by atoms with Crippen LogP contribution in [0.1, 0.15) is 17.3 Å². The average molecular weight is 220 g/mol. The van der Waals surface area contributed by atoms with Crippen molar-refractivity contribution in [1.29, 1.82) is 0 Å². The highest BCUT2D eigenvalue weighted by Crippen LogP contribution is 2.16. The number of aromatic nitrogens is 2. The molecule has 0 bridgehead atoms. The molecule has 0 radical (unpaired) electrons. The van der Waals surface area contributed by atoms with Crippen molar-refractivity contribution in [3.63, 3.8) is 0 Å². The van der Waals surface area contributed by atoms with E-state index in [1.54, 1.807) is 11.8 Å². The summed E-state index contributed by atoms with van der Waals surface area (Å²) < 4.78 is 5.02. The van der Waals surface area contributed by atoms with Gasteiger partial charge in [-0.15, -0.1) is 11.8 Å². The highest BCUT2D eigenvalue weighted by atomic mass is 32.2. The fourth-order valence-corrected chi connectivity index (χ4v) is 2.05. The third-order valence-corrected chi connectivity index (χ3v) is 2.90. The summed E-state index contributed by atoms with van der Waals surface area (Å²) in [6, 6.07) is 10.4. The predicted molar refractivity (Wildman–Crippen MR) is 60.5 cm³/mol. The number of aryl methyl sites for hydroxylation is 1. The second-order valence-corrected chi connectivity index (χ2v) is 4.20. The van der Waals surface area contributed by atoms with E-state index in [1.165, 1.54) is 5.56 Å². The van der Waals surface area contributed by atoms with E-state index >= 15 is 0 Å². The minimum atomic E-state index is 0.699. The molecule has 4 heteroatoms. The van der Waals surface area contributed by atoms with Crippen molar-refractivity contribution in [2.45, 2.75) is 18.4 Å². The van der Waals surface area contributed by atoms with Crippen LogP contribution in [0.4, 0.5) is 0 Å². The SMILES string of the molecule is Cc1noc(CSCc2ccccc2)n1. The Morgan fingerprint density at radius 3 is 2.67 bits per heavy atom. The minimum Gasteiger partial charge on any atom is -0.338 e. The molecular formula is C11H12N2OS. The van der Waals surface area contributed by atoms with Crippen molar-refractivity contribution in [3.8, 4) is 0 Å². The minimum absolute atomic E-state index is 0.699. The van der Waals surface area contributed by atoms with Crippen LogP contribution in [-0.4, -0.2) is 10.1 Å². The van der Waals surface area contributed by atoms with Crippen LogP contribution in [0, 0.1) is 6.92 Å². The standard InChI is InChI=1S/C11H12N2OS/c1-9-12-11(14-13-9)8-15-7-10-5-3-2-4-6-10/h2-6H,7-8H2,1H3. The summed E-state index contributed by atoms with van der Waals surface area (Å²) in [5, 5.41) is 3.74. The average Bonchev–Trinajstić information content (AvgIpc) is 2.66. The van der Waals surface area contributed by atoms with Gasteiger partial charge in [0.2, 0.25) is 5.89 Å². The Hall–Kier alpha value is -1.29. The summed E-state index contributed by atoms with van der Waals surface area (Å²) in [6.07, 6.45) is 0. The fourth-order valence-electron chi connectivity index (χ4n) is 1.23. The topological polar surface area (TPSA) is 38.9 Å². The molecule has 0 unspecified atom stereocenters. The molecule has 2 aromatic rings. The molecule has 1 aromatic carbocycles. The molecule has 78 valence electrons. The van der Waals surface area contributed by atoms with Crippen LogP contribution < -0.4 is 0 Å². The zero-order valence-corrected chi connectivity index (χ0v) is 9.33. The normalized spacial score (nSPS) is 10.5. The molecule has 0 aliphatic carbocycles. The lowest BCUT2D eigenvalue weighted by Gasteiger charge is -1.97. The molecule has 15 heavy (non-hydrogen) atoms. The molecule has 0 N–H and O–H groups in total. The quantitative estimate of drug-likeness (QED) is 0.794. The van der Waals surface area contributed by atoms with Gasteiger partial charge in [-0.3, -0.25) is 0 Å². The first-order chi connectivity index (χ1) is 7.34. The molecule has 1 heterocycles. The molecule has 1 aromatic heterocycles. The fraction of sp³-hybridized carbons (Fsp3) is 0.273. The van der Waals surface area contributed by atoms with Crippen molar-refractivity contribution in [3.05, 3.63) is 47.6 Å².